The van der Waals surface area contributed by atoms with Crippen molar-refractivity contribution in [2.75, 3.05) is 26.7 Å². The summed E-state index contributed by atoms with van der Waals surface area (Å²) in [5, 5.41) is 6.93. The summed E-state index contributed by atoms with van der Waals surface area (Å²) in [5.41, 5.74) is -1.57. The van der Waals surface area contributed by atoms with Crippen LogP contribution in [0.2, 0.25) is 0 Å². The molecule has 9 atom stereocenters. The summed E-state index contributed by atoms with van der Waals surface area (Å²) in [5.74, 6) is -3.09. The number of methoxy groups -OCH3 is 1. The van der Waals surface area contributed by atoms with Crippen LogP contribution in [-0.4, -0.2) is 114 Å². The molecule has 0 spiro atoms. The molecule has 4 heterocycles. The molecule has 7 rings (SSSR count). The summed E-state index contributed by atoms with van der Waals surface area (Å²) < 4.78 is 60.1. The molecule has 2 unspecified atom stereocenters. The SMILES string of the molecule is CC[C@@H]1C[C@H](C)CC/C=C\[C@@H]2C[C@@]2(C(=O)NS(=O)(=O)C2(C)CC2)NC(=O)[C@@H]2C[C@@H](Oc3nccc4cc(OC)c(F)cc34)CN2C(=O)[C@H]1NC(=O)N1CC(C)OC(C)C1. The molecular formula is C42H57FN6O9S. The van der Waals surface area contributed by atoms with Gasteiger partial charge >= 0.3 is 6.03 Å². The number of aromatic nitrogens is 1. The number of halogens is 1. The molecule has 2 aromatic rings. The predicted molar refractivity (Wildman–Crippen MR) is 216 cm³/mol. The van der Waals surface area contributed by atoms with Gasteiger partial charge in [-0.15, -0.1) is 0 Å². The zero-order valence-electron chi connectivity index (χ0n) is 34.7. The summed E-state index contributed by atoms with van der Waals surface area (Å²) in [6, 6.07) is 1.85. The number of ether oxygens (including phenoxy) is 3. The highest BCUT2D eigenvalue weighted by Gasteiger charge is 2.63. The van der Waals surface area contributed by atoms with Gasteiger partial charge in [-0.1, -0.05) is 32.4 Å². The lowest BCUT2D eigenvalue weighted by molar-refractivity contribution is -0.142. The van der Waals surface area contributed by atoms with Gasteiger partial charge in [0.2, 0.25) is 27.7 Å². The van der Waals surface area contributed by atoms with Crippen molar-refractivity contribution in [1.29, 1.82) is 0 Å². The standard InChI is InChI=1S/C42H57FN6O9S/c1-7-27-16-24(2)10-8-9-11-29-20-42(29,39(52)47-59(54,55)41(5)13-14-41)46-36(50)33-18-30(58-37-31-19-32(43)34(56-6)17-28(31)12-15-44-37)23-49(33)38(51)35(27)45-40(53)48-21-25(3)57-26(4)22-48/h9,11-12,15,17,19,24-27,29-30,33,35H,7-8,10,13-14,16,18,20-23H2,1-6H3,(H,45,53)(H,46,50)(H,47,52)/b11-9-/t24-,25?,26?,27-,29-,30-,33+,35+,42-/m1/s1. The number of allylic oxidation sites excluding steroid dienone is 1. The van der Waals surface area contributed by atoms with E-state index in [1.165, 1.54) is 30.3 Å². The van der Waals surface area contributed by atoms with Crippen LogP contribution in [0.25, 0.3) is 10.8 Å². The fourth-order valence-electron chi connectivity index (χ4n) is 8.94. The lowest BCUT2D eigenvalue weighted by Gasteiger charge is -2.38. The maximum absolute atomic E-state index is 15.2. The average molecular weight is 841 g/mol. The van der Waals surface area contributed by atoms with Crippen LogP contribution < -0.4 is 24.8 Å². The first kappa shape index (κ1) is 42.6. The number of pyridine rings is 1. The van der Waals surface area contributed by atoms with Gasteiger partial charge in [-0.3, -0.25) is 19.1 Å². The molecule has 322 valence electrons. The van der Waals surface area contributed by atoms with Crippen molar-refractivity contribution in [3.63, 3.8) is 0 Å². The highest BCUT2D eigenvalue weighted by atomic mass is 32.2. The number of rotatable bonds is 8. The van der Waals surface area contributed by atoms with Gasteiger partial charge in [0.05, 0.1) is 30.6 Å². The molecule has 1 aromatic heterocycles. The molecule has 0 radical (unpaired) electrons. The molecule has 4 fully saturated rings. The van der Waals surface area contributed by atoms with Crippen molar-refractivity contribution in [1.82, 2.24) is 30.1 Å². The lowest BCUT2D eigenvalue weighted by atomic mass is 9.85. The minimum Gasteiger partial charge on any atom is -0.494 e. The molecule has 15 nitrogen and oxygen atoms in total. The molecule has 2 saturated carbocycles. The Morgan fingerprint density at radius 2 is 1.83 bits per heavy atom. The smallest absolute Gasteiger partial charge is 0.318 e. The Morgan fingerprint density at radius 3 is 2.51 bits per heavy atom. The Kier molecular flexibility index (Phi) is 11.9. The van der Waals surface area contributed by atoms with Gasteiger partial charge in [-0.2, -0.15) is 0 Å². The van der Waals surface area contributed by atoms with Gasteiger partial charge in [0.15, 0.2) is 11.6 Å². The number of sulfonamides is 1. The number of carbonyl (C=O) groups is 4. The van der Waals surface area contributed by atoms with Gasteiger partial charge in [0.1, 0.15) is 23.7 Å². The van der Waals surface area contributed by atoms with Crippen molar-refractivity contribution < 1.29 is 46.2 Å². The highest BCUT2D eigenvalue weighted by molar-refractivity contribution is 7.91. The fraction of sp³-hybridized carbons (Fsp3) is 0.643. The number of nitrogens with zero attached hydrogens (tertiary/aromatic N) is 3. The number of nitrogens with one attached hydrogen (secondary N) is 3. The van der Waals surface area contributed by atoms with Gasteiger partial charge in [-0.05, 0) is 94.7 Å². The Hall–Kier alpha value is -4.51. The van der Waals surface area contributed by atoms with E-state index in [1.807, 2.05) is 32.9 Å². The molecule has 3 aliphatic heterocycles. The molecule has 2 saturated heterocycles. The number of hydrogen-bond acceptors (Lipinski definition) is 10. The van der Waals surface area contributed by atoms with E-state index < -0.39 is 74.0 Å². The van der Waals surface area contributed by atoms with Gasteiger partial charge in [0, 0.05) is 37.0 Å². The number of carbonyl (C=O) groups excluding carboxylic acids is 4. The maximum Gasteiger partial charge on any atom is 0.318 e. The number of urea groups is 1. The quantitative estimate of drug-likeness (QED) is 0.326. The molecule has 59 heavy (non-hydrogen) atoms. The first-order valence-electron chi connectivity index (χ1n) is 20.8. The van der Waals surface area contributed by atoms with E-state index in [0.29, 0.717) is 56.0 Å². The first-order valence-corrected chi connectivity index (χ1v) is 22.3. The van der Waals surface area contributed by atoms with Crippen LogP contribution in [0.15, 0.2) is 36.5 Å². The molecule has 1 aromatic carbocycles. The third-order valence-electron chi connectivity index (χ3n) is 12.9. The molecule has 0 bridgehead atoms. The minimum atomic E-state index is -4.03. The van der Waals surface area contributed by atoms with Crippen molar-refractivity contribution in [2.45, 2.75) is 127 Å². The second-order valence-electron chi connectivity index (χ2n) is 17.6. The average Bonchev–Trinajstić information content (AvgIpc) is 4.07. The van der Waals surface area contributed by atoms with E-state index in [0.717, 1.165) is 6.42 Å². The first-order chi connectivity index (χ1) is 28.0. The third-order valence-corrected chi connectivity index (χ3v) is 15.0. The van der Waals surface area contributed by atoms with Gasteiger partial charge in [-0.25, -0.2) is 22.6 Å². The van der Waals surface area contributed by atoms with Crippen molar-refractivity contribution >= 4 is 44.5 Å². The van der Waals surface area contributed by atoms with Crippen LogP contribution in [0.4, 0.5) is 9.18 Å². The van der Waals surface area contributed by atoms with Crippen molar-refractivity contribution in [3.8, 4) is 11.6 Å². The second-order valence-corrected chi connectivity index (χ2v) is 19.8. The van der Waals surface area contributed by atoms with Crippen LogP contribution in [-0.2, 0) is 29.1 Å². The number of morpholine rings is 1. The van der Waals surface area contributed by atoms with E-state index in [9.17, 15) is 27.2 Å². The normalized spacial score (nSPS) is 32.7. The van der Waals surface area contributed by atoms with E-state index in [4.69, 9.17) is 14.2 Å². The molecule has 17 heteroatoms. The number of fused-ring (bicyclic) bond motifs is 3. The Labute approximate surface area is 345 Å². The zero-order valence-corrected chi connectivity index (χ0v) is 35.5. The Bertz CT molecular complexity index is 2110. The van der Waals surface area contributed by atoms with Crippen LogP contribution in [0.3, 0.4) is 0 Å². The van der Waals surface area contributed by atoms with Gasteiger partial charge in [0.25, 0.3) is 5.91 Å². The summed E-state index contributed by atoms with van der Waals surface area (Å²) in [6.45, 7) is 10.0. The minimum absolute atomic E-state index is 0.0325. The summed E-state index contributed by atoms with van der Waals surface area (Å²) in [7, 11) is -2.66. The molecule has 5 amide bonds. The number of benzene rings is 1. The van der Waals surface area contributed by atoms with Crippen LogP contribution in [0.5, 0.6) is 11.6 Å². The zero-order chi connectivity index (χ0) is 42.4. The number of hydrogen-bond donors (Lipinski definition) is 3. The van der Waals surface area contributed by atoms with Gasteiger partial charge < -0.3 is 34.6 Å². The maximum atomic E-state index is 15.2. The fourth-order valence-corrected chi connectivity index (χ4v) is 10.3. The van der Waals surface area contributed by atoms with E-state index in [1.54, 1.807) is 17.9 Å². The largest absolute Gasteiger partial charge is 0.494 e. The molecule has 3 N–H and O–H groups in total. The lowest BCUT2D eigenvalue weighted by Crippen LogP contribution is -2.61. The highest BCUT2D eigenvalue weighted by Crippen LogP contribution is 2.48. The van der Waals surface area contributed by atoms with Crippen LogP contribution in [0.1, 0.15) is 86.0 Å². The molecule has 5 aliphatic rings. The molecule has 2 aliphatic carbocycles. The summed E-state index contributed by atoms with van der Waals surface area (Å²) >= 11 is 0. The van der Waals surface area contributed by atoms with Crippen molar-refractivity contribution in [2.24, 2.45) is 17.8 Å². The monoisotopic (exact) mass is 840 g/mol. The van der Waals surface area contributed by atoms with E-state index in [-0.39, 0.29) is 55.1 Å². The Morgan fingerprint density at radius 1 is 1.10 bits per heavy atom. The summed E-state index contributed by atoms with van der Waals surface area (Å²) in [6.07, 6.45) is 7.69. The predicted octanol–water partition coefficient (Wildman–Crippen LogP) is 4.19. The van der Waals surface area contributed by atoms with Crippen molar-refractivity contribution in [3.05, 3.63) is 42.4 Å². The second kappa shape index (κ2) is 16.5. The third kappa shape index (κ3) is 8.73. The van der Waals surface area contributed by atoms with E-state index >= 15 is 4.79 Å². The topological polar surface area (TPSA) is 186 Å². The van der Waals surface area contributed by atoms with Crippen LogP contribution >= 0.6 is 0 Å². The summed E-state index contributed by atoms with van der Waals surface area (Å²) in [4.78, 5) is 65.3. The number of amides is 5. The molecular weight excluding hydrogens is 784 g/mol. The Balaban J connectivity index is 1.24. The van der Waals surface area contributed by atoms with Crippen LogP contribution in [0, 0.1) is 23.6 Å². The van der Waals surface area contributed by atoms with E-state index in [2.05, 4.69) is 27.3 Å².